The summed E-state index contributed by atoms with van der Waals surface area (Å²) >= 11 is 0. The lowest BCUT2D eigenvalue weighted by Gasteiger charge is -2.45. The van der Waals surface area contributed by atoms with Crippen molar-refractivity contribution < 1.29 is 4.79 Å². The minimum Gasteiger partial charge on any atom is -0.350 e. The van der Waals surface area contributed by atoms with Gasteiger partial charge in [-0.3, -0.25) is 9.78 Å². The summed E-state index contributed by atoms with van der Waals surface area (Å²) in [5.74, 6) is 1.01. The number of hydrogen-bond acceptors (Lipinski definition) is 3. The molecule has 6 rings (SSSR count). The summed E-state index contributed by atoms with van der Waals surface area (Å²) in [4.78, 5) is 20.4. The van der Waals surface area contributed by atoms with Gasteiger partial charge in [0.05, 0.1) is 6.20 Å². The van der Waals surface area contributed by atoms with Crippen LogP contribution in [0.25, 0.3) is 0 Å². The van der Waals surface area contributed by atoms with Crippen molar-refractivity contribution in [3.8, 4) is 0 Å². The molecule has 3 aliphatic carbocycles. The van der Waals surface area contributed by atoms with Crippen LogP contribution < -0.4 is 5.32 Å². The van der Waals surface area contributed by atoms with Crippen molar-refractivity contribution in [2.75, 3.05) is 6.54 Å². The lowest BCUT2D eigenvalue weighted by Crippen LogP contribution is -2.39. The highest BCUT2D eigenvalue weighted by Gasteiger charge is 2.42. The van der Waals surface area contributed by atoms with Crippen LogP contribution in [0.5, 0.6) is 0 Å². The minimum absolute atomic E-state index is 0.152. The van der Waals surface area contributed by atoms with Gasteiger partial charge >= 0.3 is 0 Å². The third-order valence-corrected chi connectivity index (χ3v) is 5.74. The summed E-state index contributed by atoms with van der Waals surface area (Å²) in [5, 5.41) is 3.07. The zero-order valence-electron chi connectivity index (χ0n) is 14.3. The molecule has 1 N–H and O–H groups in total. The van der Waals surface area contributed by atoms with E-state index in [1.54, 1.807) is 12.4 Å². The van der Waals surface area contributed by atoms with Gasteiger partial charge in [-0.1, -0.05) is 48.5 Å². The second-order valence-corrected chi connectivity index (χ2v) is 7.08. The SMILES string of the molecule is O=C(NC[C@@H]1CC2c3ccccc3C1c1ccccc12)c1cnccn1. The van der Waals surface area contributed by atoms with Crippen LogP contribution in [0, 0.1) is 5.92 Å². The Hall–Kier alpha value is -3.01. The lowest BCUT2D eigenvalue weighted by molar-refractivity contribution is 0.0937. The van der Waals surface area contributed by atoms with E-state index in [4.69, 9.17) is 0 Å². The molecule has 128 valence electrons. The predicted octanol–water partition coefficient (Wildman–Crippen LogP) is 3.50. The van der Waals surface area contributed by atoms with Gasteiger partial charge in [0.15, 0.2) is 0 Å². The smallest absolute Gasteiger partial charge is 0.271 e. The van der Waals surface area contributed by atoms with E-state index in [0.29, 0.717) is 30.0 Å². The first kappa shape index (κ1) is 15.3. The van der Waals surface area contributed by atoms with Crippen molar-refractivity contribution in [3.63, 3.8) is 0 Å². The number of carbonyl (C=O) groups excluding carboxylic acids is 1. The van der Waals surface area contributed by atoms with Gasteiger partial charge in [0, 0.05) is 30.8 Å². The standard InChI is InChI=1S/C22H19N3O/c26-22(20-13-23-9-10-24-20)25-12-14-11-19-15-5-1-3-7-17(15)21(14)18-8-4-2-6-16(18)19/h1-10,13-14,19,21H,11-12H2,(H,25,26)/t14-,19?,21?/m0/s1. The Kier molecular flexibility index (Phi) is 3.56. The molecule has 0 aliphatic heterocycles. The predicted molar refractivity (Wildman–Crippen MR) is 99.0 cm³/mol. The molecule has 2 aromatic carbocycles. The van der Waals surface area contributed by atoms with E-state index in [2.05, 4.69) is 63.8 Å². The summed E-state index contributed by atoms with van der Waals surface area (Å²) in [6.45, 7) is 0.652. The third-order valence-electron chi connectivity index (χ3n) is 5.74. The van der Waals surface area contributed by atoms with Gasteiger partial charge in [-0.05, 0) is 34.6 Å². The first-order valence-electron chi connectivity index (χ1n) is 9.05. The van der Waals surface area contributed by atoms with Gasteiger partial charge < -0.3 is 5.32 Å². The van der Waals surface area contributed by atoms with Crippen molar-refractivity contribution in [2.24, 2.45) is 5.92 Å². The first-order chi connectivity index (χ1) is 12.8. The summed E-state index contributed by atoms with van der Waals surface area (Å²) in [6.07, 6.45) is 5.70. The second kappa shape index (κ2) is 6.06. The molecule has 3 aromatic rings. The van der Waals surface area contributed by atoms with Crippen molar-refractivity contribution >= 4 is 5.91 Å². The van der Waals surface area contributed by atoms with E-state index in [9.17, 15) is 4.79 Å². The maximum Gasteiger partial charge on any atom is 0.271 e. The molecule has 1 heterocycles. The van der Waals surface area contributed by atoms with E-state index < -0.39 is 0 Å². The number of fused-ring (bicyclic) bond motifs is 1. The summed E-state index contributed by atoms with van der Waals surface area (Å²) in [6, 6.07) is 17.5. The molecule has 0 saturated heterocycles. The molecule has 4 heteroatoms. The van der Waals surface area contributed by atoms with Crippen molar-refractivity contribution in [1.82, 2.24) is 15.3 Å². The molecular formula is C22H19N3O. The second-order valence-electron chi connectivity index (χ2n) is 7.08. The fraction of sp³-hybridized carbons (Fsp3) is 0.227. The van der Waals surface area contributed by atoms with Crippen molar-refractivity contribution in [3.05, 3.63) is 95.1 Å². The van der Waals surface area contributed by atoms with Crippen LogP contribution in [0.1, 0.15) is 51.0 Å². The average Bonchev–Trinajstić information content (AvgIpc) is 2.73. The summed E-state index contributed by atoms with van der Waals surface area (Å²) < 4.78 is 0. The Labute approximate surface area is 152 Å². The molecule has 0 saturated carbocycles. The monoisotopic (exact) mass is 341 g/mol. The number of benzene rings is 2. The molecule has 2 bridgehead atoms. The Morgan fingerprint density at radius 2 is 1.62 bits per heavy atom. The van der Waals surface area contributed by atoms with Gasteiger partial charge in [0.2, 0.25) is 0 Å². The number of nitrogens with one attached hydrogen (secondary N) is 1. The number of rotatable bonds is 3. The molecule has 4 nitrogen and oxygen atoms in total. The van der Waals surface area contributed by atoms with E-state index in [1.807, 2.05) is 0 Å². The van der Waals surface area contributed by atoms with Crippen LogP contribution in [-0.2, 0) is 0 Å². The molecule has 1 amide bonds. The Morgan fingerprint density at radius 1 is 0.962 bits per heavy atom. The Bertz CT molecular complexity index is 922. The number of aromatic nitrogens is 2. The Balaban J connectivity index is 1.45. The van der Waals surface area contributed by atoms with Crippen molar-refractivity contribution in [2.45, 2.75) is 18.3 Å². The topological polar surface area (TPSA) is 54.9 Å². The van der Waals surface area contributed by atoms with Gasteiger partial charge in [0.25, 0.3) is 5.91 Å². The summed E-state index contributed by atoms with van der Waals surface area (Å²) in [7, 11) is 0. The molecule has 3 aliphatic rings. The number of carbonyl (C=O) groups is 1. The van der Waals surface area contributed by atoms with Crippen LogP contribution in [0.2, 0.25) is 0 Å². The molecule has 1 atom stereocenters. The molecule has 0 unspecified atom stereocenters. The minimum atomic E-state index is -0.152. The van der Waals surface area contributed by atoms with Gasteiger partial charge in [0.1, 0.15) is 5.69 Å². The zero-order valence-corrected chi connectivity index (χ0v) is 14.3. The Morgan fingerprint density at radius 3 is 2.23 bits per heavy atom. The van der Waals surface area contributed by atoms with E-state index >= 15 is 0 Å². The highest BCUT2D eigenvalue weighted by atomic mass is 16.1. The van der Waals surface area contributed by atoms with Crippen LogP contribution >= 0.6 is 0 Å². The van der Waals surface area contributed by atoms with Crippen LogP contribution in [0.15, 0.2) is 67.1 Å². The maximum absolute atomic E-state index is 12.4. The normalized spacial score (nSPS) is 22.4. The van der Waals surface area contributed by atoms with E-state index in [-0.39, 0.29) is 5.91 Å². The molecule has 0 spiro atoms. The fourth-order valence-electron chi connectivity index (χ4n) is 4.69. The molecule has 0 fully saturated rings. The van der Waals surface area contributed by atoms with Crippen LogP contribution in [0.3, 0.4) is 0 Å². The van der Waals surface area contributed by atoms with Gasteiger partial charge in [-0.15, -0.1) is 0 Å². The maximum atomic E-state index is 12.4. The quantitative estimate of drug-likeness (QED) is 0.793. The van der Waals surface area contributed by atoms with Crippen LogP contribution in [0.4, 0.5) is 0 Å². The lowest BCUT2D eigenvalue weighted by atomic mass is 9.59. The van der Waals surface area contributed by atoms with Gasteiger partial charge in [-0.2, -0.15) is 0 Å². The highest BCUT2D eigenvalue weighted by molar-refractivity contribution is 5.91. The third kappa shape index (κ3) is 2.33. The summed E-state index contributed by atoms with van der Waals surface area (Å²) in [5.41, 5.74) is 6.11. The molecular weight excluding hydrogens is 322 g/mol. The number of hydrogen-bond donors (Lipinski definition) is 1. The zero-order chi connectivity index (χ0) is 17.5. The average molecular weight is 341 g/mol. The fourth-order valence-corrected chi connectivity index (χ4v) is 4.69. The number of amides is 1. The molecule has 26 heavy (non-hydrogen) atoms. The molecule has 1 aromatic heterocycles. The van der Waals surface area contributed by atoms with Gasteiger partial charge in [-0.25, -0.2) is 4.98 Å². The van der Waals surface area contributed by atoms with Crippen LogP contribution in [-0.4, -0.2) is 22.4 Å². The first-order valence-corrected chi connectivity index (χ1v) is 9.05. The van der Waals surface area contributed by atoms with Crippen molar-refractivity contribution in [1.29, 1.82) is 0 Å². The number of nitrogens with zero attached hydrogens (tertiary/aromatic N) is 2. The van der Waals surface area contributed by atoms with E-state index in [1.165, 1.54) is 28.5 Å². The van der Waals surface area contributed by atoms with E-state index in [0.717, 1.165) is 6.42 Å². The largest absolute Gasteiger partial charge is 0.350 e. The highest BCUT2D eigenvalue weighted by Crippen LogP contribution is 2.55. The molecule has 0 radical (unpaired) electrons.